The zero-order valence-corrected chi connectivity index (χ0v) is 6.93. The van der Waals surface area contributed by atoms with E-state index in [4.69, 9.17) is 0 Å². The summed E-state index contributed by atoms with van der Waals surface area (Å²) >= 11 is 0. The normalized spacial score (nSPS) is 45.4. The monoisotopic (exact) mass is 136 g/mol. The van der Waals surface area contributed by atoms with Gasteiger partial charge in [-0.25, -0.2) is 0 Å². The summed E-state index contributed by atoms with van der Waals surface area (Å²) in [6.07, 6.45) is 6.77. The van der Waals surface area contributed by atoms with Crippen LogP contribution >= 0.6 is 0 Å². The summed E-state index contributed by atoms with van der Waals surface area (Å²) in [6.45, 7) is 4.69. The molecule has 3 atom stereocenters. The first-order valence-electron chi connectivity index (χ1n) is 4.44. The standard InChI is InChI=1S/C10H16/c1-7-3-4-8(2)10-6-9(10)5-7/h4,7,9-10H,3,5-6H2,1-2H3. The smallest absolute Gasteiger partial charge is 0.0174 e. The Balaban J connectivity index is 2.10. The van der Waals surface area contributed by atoms with Crippen LogP contribution in [0.3, 0.4) is 0 Å². The molecule has 0 aromatic heterocycles. The first-order valence-corrected chi connectivity index (χ1v) is 4.44. The van der Waals surface area contributed by atoms with Crippen LogP contribution < -0.4 is 0 Å². The maximum absolute atomic E-state index is 2.46. The zero-order valence-electron chi connectivity index (χ0n) is 6.93. The quantitative estimate of drug-likeness (QED) is 0.449. The SMILES string of the molecule is CC1=CCC(C)CC2CC12. The molecule has 2 aliphatic carbocycles. The third-order valence-electron chi connectivity index (χ3n) is 3.05. The highest BCUT2D eigenvalue weighted by atomic mass is 14.4. The van der Waals surface area contributed by atoms with E-state index in [1.54, 1.807) is 5.57 Å². The van der Waals surface area contributed by atoms with Gasteiger partial charge in [0, 0.05) is 0 Å². The van der Waals surface area contributed by atoms with Crippen molar-refractivity contribution in [1.29, 1.82) is 0 Å². The second-order valence-corrected chi connectivity index (χ2v) is 4.13. The lowest BCUT2D eigenvalue weighted by atomic mass is 10.0. The fraction of sp³-hybridized carbons (Fsp3) is 0.800. The minimum absolute atomic E-state index is 0.951. The molecule has 2 aliphatic rings. The summed E-state index contributed by atoms with van der Waals surface area (Å²) in [5.41, 5.74) is 1.68. The van der Waals surface area contributed by atoms with Gasteiger partial charge in [-0.3, -0.25) is 0 Å². The predicted octanol–water partition coefficient (Wildman–Crippen LogP) is 3.00. The Labute approximate surface area is 63.3 Å². The molecule has 0 aliphatic heterocycles. The van der Waals surface area contributed by atoms with Gasteiger partial charge in [0.25, 0.3) is 0 Å². The number of hydrogen-bond donors (Lipinski definition) is 0. The van der Waals surface area contributed by atoms with Crippen LogP contribution in [-0.2, 0) is 0 Å². The highest BCUT2D eigenvalue weighted by molar-refractivity contribution is 5.15. The van der Waals surface area contributed by atoms with Gasteiger partial charge in [-0.05, 0) is 43.9 Å². The summed E-state index contributed by atoms with van der Waals surface area (Å²) < 4.78 is 0. The minimum atomic E-state index is 0.951. The van der Waals surface area contributed by atoms with E-state index in [1.165, 1.54) is 19.3 Å². The molecular weight excluding hydrogens is 120 g/mol. The maximum Gasteiger partial charge on any atom is -0.0174 e. The lowest BCUT2D eigenvalue weighted by Crippen LogP contribution is -1.91. The molecule has 0 heteroatoms. The van der Waals surface area contributed by atoms with Crippen LogP contribution in [-0.4, -0.2) is 0 Å². The van der Waals surface area contributed by atoms with Crippen LogP contribution in [0.5, 0.6) is 0 Å². The highest BCUT2D eigenvalue weighted by Crippen LogP contribution is 2.50. The van der Waals surface area contributed by atoms with E-state index < -0.39 is 0 Å². The van der Waals surface area contributed by atoms with E-state index in [9.17, 15) is 0 Å². The largest absolute Gasteiger partial charge is 0.0851 e. The summed E-state index contributed by atoms with van der Waals surface area (Å²) in [7, 11) is 0. The Morgan fingerprint density at radius 1 is 1.40 bits per heavy atom. The molecule has 0 aromatic rings. The Morgan fingerprint density at radius 2 is 2.20 bits per heavy atom. The molecule has 0 spiro atoms. The van der Waals surface area contributed by atoms with Crippen molar-refractivity contribution in [3.8, 4) is 0 Å². The van der Waals surface area contributed by atoms with E-state index in [1.807, 2.05) is 0 Å². The van der Waals surface area contributed by atoms with Crippen molar-refractivity contribution in [2.75, 3.05) is 0 Å². The fourth-order valence-corrected chi connectivity index (χ4v) is 2.22. The molecule has 0 saturated heterocycles. The minimum Gasteiger partial charge on any atom is -0.0851 e. The van der Waals surface area contributed by atoms with Gasteiger partial charge >= 0.3 is 0 Å². The van der Waals surface area contributed by atoms with E-state index in [0.29, 0.717) is 0 Å². The van der Waals surface area contributed by atoms with Crippen LogP contribution in [0.15, 0.2) is 11.6 Å². The van der Waals surface area contributed by atoms with E-state index >= 15 is 0 Å². The molecule has 0 radical (unpaired) electrons. The number of allylic oxidation sites excluding steroid dienone is 2. The van der Waals surface area contributed by atoms with Crippen molar-refractivity contribution < 1.29 is 0 Å². The van der Waals surface area contributed by atoms with Gasteiger partial charge in [-0.2, -0.15) is 0 Å². The van der Waals surface area contributed by atoms with Crippen molar-refractivity contribution in [3.05, 3.63) is 11.6 Å². The molecule has 0 nitrogen and oxygen atoms in total. The van der Waals surface area contributed by atoms with Crippen molar-refractivity contribution in [3.63, 3.8) is 0 Å². The molecule has 2 rings (SSSR count). The second kappa shape index (κ2) is 2.11. The summed E-state index contributed by atoms with van der Waals surface area (Å²) in [6, 6.07) is 0. The van der Waals surface area contributed by atoms with Crippen molar-refractivity contribution in [2.45, 2.75) is 33.1 Å². The molecule has 0 aromatic carbocycles. The van der Waals surface area contributed by atoms with E-state index in [2.05, 4.69) is 19.9 Å². The van der Waals surface area contributed by atoms with Gasteiger partial charge in [0.1, 0.15) is 0 Å². The Morgan fingerprint density at radius 3 is 3.00 bits per heavy atom. The van der Waals surface area contributed by atoms with Crippen LogP contribution in [0.1, 0.15) is 33.1 Å². The summed E-state index contributed by atoms with van der Waals surface area (Å²) in [4.78, 5) is 0. The molecule has 0 amide bonds. The number of hydrogen-bond acceptors (Lipinski definition) is 0. The van der Waals surface area contributed by atoms with Crippen molar-refractivity contribution in [1.82, 2.24) is 0 Å². The lowest BCUT2D eigenvalue weighted by Gasteiger charge is -2.03. The Hall–Kier alpha value is -0.260. The zero-order chi connectivity index (χ0) is 7.14. The van der Waals surface area contributed by atoms with E-state index in [0.717, 1.165) is 17.8 Å². The van der Waals surface area contributed by atoms with Crippen molar-refractivity contribution >= 4 is 0 Å². The second-order valence-electron chi connectivity index (χ2n) is 4.13. The third kappa shape index (κ3) is 1.00. The third-order valence-corrected chi connectivity index (χ3v) is 3.05. The lowest BCUT2D eigenvalue weighted by molar-refractivity contribution is 0.502. The molecule has 56 valence electrons. The van der Waals surface area contributed by atoms with Gasteiger partial charge in [-0.15, -0.1) is 0 Å². The average Bonchev–Trinajstić information content (AvgIpc) is 2.60. The highest BCUT2D eigenvalue weighted by Gasteiger charge is 2.39. The molecule has 1 saturated carbocycles. The molecule has 0 N–H and O–H groups in total. The van der Waals surface area contributed by atoms with Crippen LogP contribution in [0.25, 0.3) is 0 Å². The van der Waals surface area contributed by atoms with Gasteiger partial charge in [0.05, 0.1) is 0 Å². The molecule has 0 bridgehead atoms. The van der Waals surface area contributed by atoms with Gasteiger partial charge in [0.2, 0.25) is 0 Å². The average molecular weight is 136 g/mol. The first-order chi connectivity index (χ1) is 4.77. The predicted molar refractivity (Wildman–Crippen MR) is 43.8 cm³/mol. The van der Waals surface area contributed by atoms with Crippen LogP contribution in [0.4, 0.5) is 0 Å². The molecule has 10 heavy (non-hydrogen) atoms. The number of rotatable bonds is 0. The topological polar surface area (TPSA) is 0 Å². The fourth-order valence-electron chi connectivity index (χ4n) is 2.22. The van der Waals surface area contributed by atoms with Crippen LogP contribution in [0.2, 0.25) is 0 Å². The van der Waals surface area contributed by atoms with Gasteiger partial charge in [-0.1, -0.05) is 18.6 Å². The summed E-state index contributed by atoms with van der Waals surface area (Å²) in [5, 5.41) is 0. The molecule has 0 heterocycles. The molecule has 1 fully saturated rings. The van der Waals surface area contributed by atoms with E-state index in [-0.39, 0.29) is 0 Å². The maximum atomic E-state index is 2.46. The first kappa shape index (κ1) is 6.45. The van der Waals surface area contributed by atoms with Crippen molar-refractivity contribution in [2.24, 2.45) is 17.8 Å². The number of fused-ring (bicyclic) bond motifs is 1. The Bertz CT molecular complexity index is 167. The van der Waals surface area contributed by atoms with Gasteiger partial charge < -0.3 is 0 Å². The summed E-state index contributed by atoms with van der Waals surface area (Å²) in [5.74, 6) is 3.03. The van der Waals surface area contributed by atoms with Crippen LogP contribution in [0, 0.1) is 17.8 Å². The van der Waals surface area contributed by atoms with Gasteiger partial charge in [0.15, 0.2) is 0 Å². The Kier molecular flexibility index (Phi) is 1.36. The molecule has 3 unspecified atom stereocenters. The molecular formula is C10H16.